The molecule has 1 aliphatic rings. The van der Waals surface area contributed by atoms with Crippen LogP contribution in [0.25, 0.3) is 0 Å². The highest BCUT2D eigenvalue weighted by Gasteiger charge is 2.10. The molecular weight excluding hydrogens is 246 g/mol. The molecule has 104 valence electrons. The number of carbonyl (C=O) groups excluding carboxylic acids is 1. The molecule has 0 aliphatic carbocycles. The number of hydrogen-bond donors (Lipinski definition) is 3. The number of nitrogens with two attached hydrogens (primary N) is 2. The summed E-state index contributed by atoms with van der Waals surface area (Å²) < 4.78 is 5.28. The normalized spacial score (nSPS) is 16.2. The summed E-state index contributed by atoms with van der Waals surface area (Å²) >= 11 is 0. The smallest absolute Gasteiger partial charge is 0.250 e. The third-order valence-electron chi connectivity index (χ3n) is 3.04. The Kier molecular flexibility index (Phi) is 4.53. The summed E-state index contributed by atoms with van der Waals surface area (Å²) in [6, 6.07) is 1.58. The minimum Gasteiger partial charge on any atom is -0.397 e. The second-order valence-electron chi connectivity index (χ2n) is 4.40. The van der Waals surface area contributed by atoms with Crippen molar-refractivity contribution in [2.75, 3.05) is 50.4 Å². The molecule has 1 aliphatic heterocycles. The van der Waals surface area contributed by atoms with E-state index in [4.69, 9.17) is 16.2 Å². The quantitative estimate of drug-likeness (QED) is 0.663. The van der Waals surface area contributed by atoms with E-state index in [-0.39, 0.29) is 0 Å². The molecule has 7 heteroatoms. The van der Waals surface area contributed by atoms with Crippen LogP contribution >= 0.6 is 0 Å². The number of amides is 1. The molecule has 5 N–H and O–H groups in total. The molecule has 1 fully saturated rings. The number of nitrogens with one attached hydrogen (secondary N) is 1. The summed E-state index contributed by atoms with van der Waals surface area (Å²) in [5.74, 6) is 0.0624. The van der Waals surface area contributed by atoms with Crippen LogP contribution in [0.1, 0.15) is 10.4 Å². The number of nitrogens with zero attached hydrogens (tertiary/aromatic N) is 2. The van der Waals surface area contributed by atoms with Crippen molar-refractivity contribution in [2.45, 2.75) is 0 Å². The average Bonchev–Trinajstić information content (AvgIpc) is 2.41. The third-order valence-corrected chi connectivity index (χ3v) is 3.04. The lowest BCUT2D eigenvalue weighted by Gasteiger charge is -2.26. The third kappa shape index (κ3) is 3.80. The zero-order chi connectivity index (χ0) is 13.7. The molecule has 0 bridgehead atoms. The van der Waals surface area contributed by atoms with Crippen LogP contribution in [0.4, 0.5) is 11.5 Å². The molecule has 2 heterocycles. The minimum atomic E-state index is -0.545. The van der Waals surface area contributed by atoms with Crippen molar-refractivity contribution in [2.24, 2.45) is 5.73 Å². The summed E-state index contributed by atoms with van der Waals surface area (Å²) in [5.41, 5.74) is 11.4. The largest absolute Gasteiger partial charge is 0.397 e. The SMILES string of the molecule is NC(=O)c1cc(NCCN2CCOCC2)ncc1N. The molecule has 7 nitrogen and oxygen atoms in total. The number of ether oxygens (including phenoxy) is 1. The monoisotopic (exact) mass is 265 g/mol. The Balaban J connectivity index is 1.85. The maximum Gasteiger partial charge on any atom is 0.250 e. The van der Waals surface area contributed by atoms with E-state index in [9.17, 15) is 4.79 Å². The molecule has 1 aromatic rings. The van der Waals surface area contributed by atoms with Gasteiger partial charge < -0.3 is 21.5 Å². The molecule has 0 spiro atoms. The maximum atomic E-state index is 11.2. The number of carbonyl (C=O) groups is 1. The van der Waals surface area contributed by atoms with Gasteiger partial charge in [-0.15, -0.1) is 0 Å². The van der Waals surface area contributed by atoms with E-state index in [1.54, 1.807) is 6.07 Å². The highest BCUT2D eigenvalue weighted by atomic mass is 16.5. The van der Waals surface area contributed by atoms with Gasteiger partial charge >= 0.3 is 0 Å². The van der Waals surface area contributed by atoms with E-state index in [1.807, 2.05) is 0 Å². The lowest BCUT2D eigenvalue weighted by Crippen LogP contribution is -2.39. The number of morpholine rings is 1. The topological polar surface area (TPSA) is 106 Å². The fourth-order valence-electron chi connectivity index (χ4n) is 1.94. The maximum absolute atomic E-state index is 11.2. The molecule has 1 aromatic heterocycles. The van der Waals surface area contributed by atoms with Gasteiger partial charge in [0, 0.05) is 26.2 Å². The van der Waals surface area contributed by atoms with E-state index in [2.05, 4.69) is 15.2 Å². The van der Waals surface area contributed by atoms with Crippen molar-refractivity contribution in [3.05, 3.63) is 17.8 Å². The zero-order valence-electron chi connectivity index (χ0n) is 10.8. The second kappa shape index (κ2) is 6.35. The van der Waals surface area contributed by atoms with Crippen LogP contribution in [0.5, 0.6) is 0 Å². The number of rotatable bonds is 5. The molecule has 0 radical (unpaired) electrons. The molecule has 0 atom stereocenters. The first-order valence-electron chi connectivity index (χ1n) is 6.26. The molecule has 19 heavy (non-hydrogen) atoms. The van der Waals surface area contributed by atoms with Crippen molar-refractivity contribution < 1.29 is 9.53 Å². The first kappa shape index (κ1) is 13.6. The second-order valence-corrected chi connectivity index (χ2v) is 4.40. The number of aromatic nitrogens is 1. The zero-order valence-corrected chi connectivity index (χ0v) is 10.8. The lowest BCUT2D eigenvalue weighted by atomic mass is 10.2. The van der Waals surface area contributed by atoms with Gasteiger partial charge in [0.15, 0.2) is 0 Å². The van der Waals surface area contributed by atoms with E-state index in [0.29, 0.717) is 17.1 Å². The van der Waals surface area contributed by atoms with E-state index in [1.165, 1.54) is 6.20 Å². The molecular formula is C12H19N5O2. The van der Waals surface area contributed by atoms with Gasteiger partial charge in [0.2, 0.25) is 0 Å². The number of anilines is 2. The Bertz CT molecular complexity index is 446. The fraction of sp³-hybridized carbons (Fsp3) is 0.500. The van der Waals surface area contributed by atoms with Crippen molar-refractivity contribution in [3.63, 3.8) is 0 Å². The molecule has 1 saturated heterocycles. The lowest BCUT2D eigenvalue weighted by molar-refractivity contribution is 0.0398. The molecule has 1 amide bonds. The van der Waals surface area contributed by atoms with Gasteiger partial charge in [-0.1, -0.05) is 0 Å². The van der Waals surface area contributed by atoms with Crippen LogP contribution in [-0.4, -0.2) is 55.2 Å². The van der Waals surface area contributed by atoms with E-state index in [0.717, 1.165) is 39.4 Å². The van der Waals surface area contributed by atoms with Gasteiger partial charge in [0.05, 0.1) is 30.7 Å². The number of hydrogen-bond acceptors (Lipinski definition) is 6. The fourth-order valence-corrected chi connectivity index (χ4v) is 1.94. The molecule has 0 aromatic carbocycles. The Hall–Kier alpha value is -1.86. The molecule has 2 rings (SSSR count). The molecule has 0 saturated carbocycles. The van der Waals surface area contributed by atoms with Gasteiger partial charge in [-0.3, -0.25) is 9.69 Å². The van der Waals surface area contributed by atoms with Crippen molar-refractivity contribution in [3.8, 4) is 0 Å². The Labute approximate surface area is 111 Å². The van der Waals surface area contributed by atoms with Crippen molar-refractivity contribution in [1.82, 2.24) is 9.88 Å². The van der Waals surface area contributed by atoms with Gasteiger partial charge in [0.25, 0.3) is 5.91 Å². The van der Waals surface area contributed by atoms with E-state index >= 15 is 0 Å². The summed E-state index contributed by atoms with van der Waals surface area (Å²) in [6.07, 6.45) is 1.44. The average molecular weight is 265 g/mol. The highest BCUT2D eigenvalue weighted by Crippen LogP contribution is 2.13. The van der Waals surface area contributed by atoms with Crippen LogP contribution in [0, 0.1) is 0 Å². The minimum absolute atomic E-state index is 0.295. The van der Waals surface area contributed by atoms with Gasteiger partial charge in [0.1, 0.15) is 5.82 Å². The van der Waals surface area contributed by atoms with Crippen LogP contribution in [0.3, 0.4) is 0 Å². The molecule has 0 unspecified atom stereocenters. The summed E-state index contributed by atoms with van der Waals surface area (Å²) in [6.45, 7) is 5.11. The van der Waals surface area contributed by atoms with Crippen LogP contribution in [-0.2, 0) is 4.74 Å². The summed E-state index contributed by atoms with van der Waals surface area (Å²) in [5, 5.41) is 3.16. The van der Waals surface area contributed by atoms with Gasteiger partial charge in [-0.25, -0.2) is 4.98 Å². The Morgan fingerprint density at radius 1 is 1.47 bits per heavy atom. The van der Waals surface area contributed by atoms with Gasteiger partial charge in [-0.05, 0) is 6.07 Å². The van der Waals surface area contributed by atoms with Crippen LogP contribution in [0.15, 0.2) is 12.3 Å². The first-order valence-corrected chi connectivity index (χ1v) is 6.26. The van der Waals surface area contributed by atoms with Crippen molar-refractivity contribution >= 4 is 17.4 Å². The standard InChI is InChI=1S/C12H19N5O2/c13-10-8-16-11(7-9(10)12(14)18)15-1-2-17-3-5-19-6-4-17/h7-8H,1-6,13H2,(H2,14,18)(H,15,16). The highest BCUT2D eigenvalue weighted by molar-refractivity contribution is 5.98. The predicted molar refractivity (Wildman–Crippen MR) is 72.9 cm³/mol. The first-order chi connectivity index (χ1) is 9.16. The van der Waals surface area contributed by atoms with Gasteiger partial charge in [-0.2, -0.15) is 0 Å². The number of primary amides is 1. The van der Waals surface area contributed by atoms with Crippen LogP contribution < -0.4 is 16.8 Å². The number of nitrogen functional groups attached to an aromatic ring is 1. The predicted octanol–water partition coefficient (Wildman–Crippen LogP) is -0.493. The summed E-state index contributed by atoms with van der Waals surface area (Å²) in [4.78, 5) is 17.6. The Morgan fingerprint density at radius 3 is 2.89 bits per heavy atom. The van der Waals surface area contributed by atoms with E-state index < -0.39 is 5.91 Å². The van der Waals surface area contributed by atoms with Crippen molar-refractivity contribution in [1.29, 1.82) is 0 Å². The van der Waals surface area contributed by atoms with Crippen LogP contribution in [0.2, 0.25) is 0 Å². The summed E-state index contributed by atoms with van der Waals surface area (Å²) in [7, 11) is 0. The Morgan fingerprint density at radius 2 is 2.21 bits per heavy atom. The number of pyridine rings is 1.